The van der Waals surface area contributed by atoms with Crippen molar-refractivity contribution in [3.63, 3.8) is 0 Å². The smallest absolute Gasteiger partial charge is 0.326 e. The van der Waals surface area contributed by atoms with Crippen molar-refractivity contribution in [2.24, 2.45) is 11.8 Å². The fourth-order valence-corrected chi connectivity index (χ4v) is 4.32. The average Bonchev–Trinajstić information content (AvgIpc) is 2.95. The molecule has 0 aromatic rings. The number of aliphatic hydroxyl groups excluding tert-OH is 1. The molecule has 0 aromatic heterocycles. The molecule has 0 amide bonds. The minimum absolute atomic E-state index is 0.0246. The van der Waals surface area contributed by atoms with Crippen LogP contribution in [0.1, 0.15) is 32.6 Å². The summed E-state index contributed by atoms with van der Waals surface area (Å²) in [6.07, 6.45) is 3.99. The molecular weight excluding hydrogens is 373 g/mol. The van der Waals surface area contributed by atoms with E-state index in [1.165, 1.54) is 25.7 Å². The molecule has 3 aliphatic rings. The third-order valence-electron chi connectivity index (χ3n) is 4.74. The molecule has 0 radical (unpaired) electrons. The molecule has 4 atom stereocenters. The van der Waals surface area contributed by atoms with Crippen molar-refractivity contribution in [1.29, 1.82) is 0 Å². The van der Waals surface area contributed by atoms with Crippen LogP contribution in [0.3, 0.4) is 0 Å². The van der Waals surface area contributed by atoms with Crippen LogP contribution >= 0.6 is 22.6 Å². The average molecular weight is 395 g/mol. The second-order valence-electron chi connectivity index (χ2n) is 6.27. The Morgan fingerprint density at radius 2 is 2.10 bits per heavy atom. The predicted octanol–water partition coefficient (Wildman–Crippen LogP) is 1.52. The van der Waals surface area contributed by atoms with Gasteiger partial charge < -0.3 is 9.84 Å². The van der Waals surface area contributed by atoms with E-state index in [9.17, 15) is 9.90 Å². The molecule has 1 saturated carbocycles. The van der Waals surface area contributed by atoms with Crippen LogP contribution < -0.4 is 0 Å². The second kappa shape index (κ2) is 6.06. The first kappa shape index (κ1) is 15.0. The molecule has 1 unspecified atom stereocenters. The van der Waals surface area contributed by atoms with Crippen molar-refractivity contribution in [1.82, 2.24) is 5.06 Å². The number of halogens is 1. The highest BCUT2D eigenvalue weighted by Crippen LogP contribution is 2.37. The summed E-state index contributed by atoms with van der Waals surface area (Å²) in [6, 6.07) is -0.313. The first-order valence-corrected chi connectivity index (χ1v) is 8.73. The van der Waals surface area contributed by atoms with E-state index in [0.29, 0.717) is 12.5 Å². The Bertz CT molecular complexity index is 370. The lowest BCUT2D eigenvalue weighted by Gasteiger charge is -2.30. The Hall–Kier alpha value is 0.0800. The van der Waals surface area contributed by atoms with Crippen LogP contribution in [0.25, 0.3) is 0 Å². The molecule has 0 spiro atoms. The summed E-state index contributed by atoms with van der Waals surface area (Å²) < 4.78 is 5.95. The van der Waals surface area contributed by atoms with Crippen molar-refractivity contribution in [3.05, 3.63) is 0 Å². The van der Waals surface area contributed by atoms with Gasteiger partial charge in [0.15, 0.2) is 0 Å². The van der Waals surface area contributed by atoms with Crippen LogP contribution in [0.15, 0.2) is 0 Å². The molecular formula is C14H22INO4. The third-order valence-corrected chi connectivity index (χ3v) is 5.99. The van der Waals surface area contributed by atoms with Gasteiger partial charge in [0.1, 0.15) is 12.1 Å². The van der Waals surface area contributed by atoms with Crippen LogP contribution in [0.5, 0.6) is 0 Å². The minimum atomic E-state index is -0.577. The summed E-state index contributed by atoms with van der Waals surface area (Å²) in [6.45, 7) is 2.87. The van der Waals surface area contributed by atoms with Gasteiger partial charge in [0.05, 0.1) is 18.6 Å². The molecule has 1 aliphatic carbocycles. The summed E-state index contributed by atoms with van der Waals surface area (Å²) >= 11 is 2.52. The van der Waals surface area contributed by atoms with E-state index >= 15 is 0 Å². The molecule has 2 heterocycles. The number of alkyl halides is 1. The number of hydrogen-bond acceptors (Lipinski definition) is 5. The fraction of sp³-hybridized carbons (Fsp3) is 0.929. The van der Waals surface area contributed by atoms with E-state index in [4.69, 9.17) is 9.57 Å². The SMILES string of the molecule is C[C@H](O)[C@@H]1ON(CC2CCC(I)CC2)C2C(=O)OC[C@@H]21. The van der Waals surface area contributed by atoms with Crippen LogP contribution in [-0.4, -0.2) is 51.5 Å². The molecule has 2 aliphatic heterocycles. The van der Waals surface area contributed by atoms with Crippen molar-refractivity contribution in [2.45, 2.75) is 54.8 Å². The molecule has 3 rings (SSSR count). The number of hydrogen-bond donors (Lipinski definition) is 1. The summed E-state index contributed by atoms with van der Waals surface area (Å²) in [5, 5.41) is 11.6. The lowest BCUT2D eigenvalue weighted by Crippen LogP contribution is -2.39. The van der Waals surface area contributed by atoms with Gasteiger partial charge in [0, 0.05) is 10.5 Å². The highest BCUT2D eigenvalue weighted by molar-refractivity contribution is 14.1. The zero-order valence-corrected chi connectivity index (χ0v) is 13.9. The van der Waals surface area contributed by atoms with Crippen LogP contribution in [0.4, 0.5) is 0 Å². The standard InChI is InChI=1S/C14H22INO4/c1-8(17)13-11-7-19-14(18)12(11)16(20-13)6-9-2-4-10(15)5-3-9/h8-13,17H,2-7H2,1H3/t8-,9?,10?,11-,12?,13-/m0/s1. The number of hydroxylamine groups is 2. The Kier molecular flexibility index (Phi) is 4.54. The molecule has 0 aromatic carbocycles. The van der Waals surface area contributed by atoms with Gasteiger partial charge in [-0.25, -0.2) is 0 Å². The van der Waals surface area contributed by atoms with Crippen LogP contribution in [-0.2, 0) is 14.4 Å². The van der Waals surface area contributed by atoms with Gasteiger partial charge in [-0.05, 0) is 38.5 Å². The Morgan fingerprint density at radius 3 is 2.75 bits per heavy atom. The summed E-state index contributed by atoms with van der Waals surface area (Å²) in [5.74, 6) is 0.368. The van der Waals surface area contributed by atoms with Gasteiger partial charge in [-0.15, -0.1) is 0 Å². The Morgan fingerprint density at radius 1 is 1.40 bits per heavy atom. The highest BCUT2D eigenvalue weighted by atomic mass is 127. The zero-order chi connectivity index (χ0) is 14.3. The number of aliphatic hydroxyl groups is 1. The highest BCUT2D eigenvalue weighted by Gasteiger charge is 2.54. The van der Waals surface area contributed by atoms with Gasteiger partial charge in [0.25, 0.3) is 0 Å². The molecule has 6 heteroatoms. The van der Waals surface area contributed by atoms with E-state index in [0.717, 1.165) is 10.5 Å². The van der Waals surface area contributed by atoms with E-state index in [-0.39, 0.29) is 24.0 Å². The summed E-state index contributed by atoms with van der Waals surface area (Å²) in [7, 11) is 0. The zero-order valence-electron chi connectivity index (χ0n) is 11.7. The van der Waals surface area contributed by atoms with E-state index in [1.807, 2.05) is 0 Å². The largest absolute Gasteiger partial charge is 0.464 e. The molecule has 1 N–H and O–H groups in total. The molecule has 3 fully saturated rings. The van der Waals surface area contributed by atoms with E-state index < -0.39 is 6.10 Å². The Balaban J connectivity index is 1.65. The van der Waals surface area contributed by atoms with E-state index in [2.05, 4.69) is 22.6 Å². The quantitative estimate of drug-likeness (QED) is 0.446. The maximum atomic E-state index is 11.9. The minimum Gasteiger partial charge on any atom is -0.464 e. The fourth-order valence-electron chi connectivity index (χ4n) is 3.60. The summed E-state index contributed by atoms with van der Waals surface area (Å²) in [4.78, 5) is 17.8. The summed E-state index contributed by atoms with van der Waals surface area (Å²) in [5.41, 5.74) is 0. The van der Waals surface area contributed by atoms with E-state index in [1.54, 1.807) is 12.0 Å². The second-order valence-corrected chi connectivity index (χ2v) is 8.03. The van der Waals surface area contributed by atoms with Crippen molar-refractivity contribution >= 4 is 28.6 Å². The van der Waals surface area contributed by atoms with Gasteiger partial charge in [0.2, 0.25) is 0 Å². The molecule has 114 valence electrons. The predicted molar refractivity (Wildman–Crippen MR) is 81.3 cm³/mol. The number of carbonyl (C=O) groups is 1. The first-order chi connectivity index (χ1) is 9.56. The topological polar surface area (TPSA) is 59.0 Å². The van der Waals surface area contributed by atoms with Gasteiger partial charge in [-0.2, -0.15) is 5.06 Å². The monoisotopic (exact) mass is 395 g/mol. The number of nitrogens with zero attached hydrogens (tertiary/aromatic N) is 1. The lowest BCUT2D eigenvalue weighted by molar-refractivity contribution is -0.202. The number of fused-ring (bicyclic) bond motifs is 1. The number of carbonyl (C=O) groups excluding carboxylic acids is 1. The van der Waals surface area contributed by atoms with Gasteiger partial charge in [-0.1, -0.05) is 22.6 Å². The van der Waals surface area contributed by atoms with Crippen molar-refractivity contribution in [2.75, 3.05) is 13.2 Å². The van der Waals surface area contributed by atoms with Crippen LogP contribution in [0.2, 0.25) is 0 Å². The molecule has 20 heavy (non-hydrogen) atoms. The van der Waals surface area contributed by atoms with Crippen molar-refractivity contribution < 1.29 is 19.5 Å². The number of cyclic esters (lactones) is 1. The van der Waals surface area contributed by atoms with Crippen molar-refractivity contribution in [3.8, 4) is 0 Å². The third kappa shape index (κ3) is 2.84. The lowest BCUT2D eigenvalue weighted by atomic mass is 9.88. The maximum absolute atomic E-state index is 11.9. The molecule has 2 saturated heterocycles. The van der Waals surface area contributed by atoms with Gasteiger partial charge >= 0.3 is 5.97 Å². The first-order valence-electron chi connectivity index (χ1n) is 7.48. The number of esters is 1. The maximum Gasteiger partial charge on any atom is 0.326 e. The van der Waals surface area contributed by atoms with Crippen LogP contribution in [0, 0.1) is 11.8 Å². The van der Waals surface area contributed by atoms with Gasteiger partial charge in [-0.3, -0.25) is 9.63 Å². The Labute approximate surface area is 133 Å². The number of rotatable bonds is 3. The molecule has 5 nitrogen and oxygen atoms in total. The molecule has 0 bridgehead atoms. The number of ether oxygens (including phenoxy) is 1. The normalized spacial score (nSPS) is 43.4.